The number of rotatable bonds is 8. The smallest absolute Gasteiger partial charge is 0.389 e. The van der Waals surface area contributed by atoms with E-state index in [1.165, 1.54) is 7.11 Å². The van der Waals surface area contributed by atoms with E-state index in [-0.39, 0.29) is 12.2 Å². The second-order valence-corrected chi connectivity index (χ2v) is 9.60. The molecule has 0 spiro atoms. The molecule has 1 N–H and O–H groups in total. The van der Waals surface area contributed by atoms with Crippen LogP contribution in [0.1, 0.15) is 31.2 Å². The Labute approximate surface area is 214 Å². The molecular formula is C25H23BrF3N3O2S. The highest BCUT2D eigenvalue weighted by Gasteiger charge is 2.35. The number of carbonyl (C=O) groups excluding carboxylic acids is 1. The molecule has 1 heterocycles. The third kappa shape index (κ3) is 6.61. The lowest BCUT2D eigenvalue weighted by atomic mass is 9.82. The number of hydrogen-bond acceptors (Lipinski definition) is 5. The van der Waals surface area contributed by atoms with E-state index in [0.717, 1.165) is 22.0 Å². The first-order chi connectivity index (χ1) is 16.7. The van der Waals surface area contributed by atoms with Crippen LogP contribution in [-0.4, -0.2) is 29.3 Å². The molecule has 1 amide bonds. The Morgan fingerprint density at radius 2 is 1.91 bits per heavy atom. The molecule has 1 aliphatic rings. The van der Waals surface area contributed by atoms with Crippen molar-refractivity contribution in [2.45, 2.75) is 31.9 Å². The number of anilines is 1. The molecule has 0 bridgehead atoms. The number of halogens is 4. The van der Waals surface area contributed by atoms with Crippen LogP contribution in [0, 0.1) is 11.3 Å². The van der Waals surface area contributed by atoms with Gasteiger partial charge in [-0.05, 0) is 49.1 Å². The maximum absolute atomic E-state index is 13.6. The molecule has 1 unspecified atom stereocenters. The average Bonchev–Trinajstić information content (AvgIpc) is 2.82. The Kier molecular flexibility index (Phi) is 8.92. The van der Waals surface area contributed by atoms with Crippen molar-refractivity contribution in [1.82, 2.24) is 4.31 Å². The van der Waals surface area contributed by atoms with Gasteiger partial charge in [-0.1, -0.05) is 46.3 Å². The third-order valence-electron chi connectivity index (χ3n) is 5.36. The molecule has 0 fully saturated rings. The number of carbonyl (C=O) groups is 1. The topological polar surface area (TPSA) is 65.4 Å². The van der Waals surface area contributed by atoms with Gasteiger partial charge >= 0.3 is 6.18 Å². The van der Waals surface area contributed by atoms with Gasteiger partial charge < -0.3 is 10.1 Å². The second kappa shape index (κ2) is 11.7. The molecule has 0 saturated carbocycles. The summed E-state index contributed by atoms with van der Waals surface area (Å²) in [5.74, 6) is -0.457. The van der Waals surface area contributed by atoms with Gasteiger partial charge in [0, 0.05) is 28.5 Å². The third-order valence-corrected chi connectivity index (χ3v) is 7.21. The minimum Gasteiger partial charge on any atom is -0.495 e. The first-order valence-corrected chi connectivity index (χ1v) is 12.4. The Bertz CT molecular complexity index is 1190. The number of nitriles is 1. The van der Waals surface area contributed by atoms with Crippen LogP contribution >= 0.6 is 27.9 Å². The van der Waals surface area contributed by atoms with Gasteiger partial charge in [0.2, 0.25) is 0 Å². The van der Waals surface area contributed by atoms with Crippen LogP contribution in [0.25, 0.3) is 0 Å². The minimum atomic E-state index is -4.23. The molecule has 0 aliphatic carbocycles. The van der Waals surface area contributed by atoms with Crippen LogP contribution in [0.3, 0.4) is 0 Å². The first kappa shape index (κ1) is 26.7. The van der Waals surface area contributed by atoms with E-state index in [9.17, 15) is 23.2 Å². The molecule has 2 aromatic carbocycles. The van der Waals surface area contributed by atoms with Crippen LogP contribution in [0.4, 0.5) is 18.9 Å². The van der Waals surface area contributed by atoms with E-state index in [4.69, 9.17) is 4.74 Å². The van der Waals surface area contributed by atoms with E-state index >= 15 is 0 Å². The quantitative estimate of drug-likeness (QED) is 0.271. The number of methoxy groups -OCH3 is 1. The summed E-state index contributed by atoms with van der Waals surface area (Å²) < 4.78 is 45.4. The number of hydrogen-bond donors (Lipinski definition) is 1. The van der Waals surface area contributed by atoms with E-state index in [1.807, 2.05) is 24.3 Å². The molecule has 5 nitrogen and oxygen atoms in total. The van der Waals surface area contributed by atoms with Crippen molar-refractivity contribution >= 4 is 39.5 Å². The van der Waals surface area contributed by atoms with Gasteiger partial charge in [0.1, 0.15) is 5.75 Å². The van der Waals surface area contributed by atoms with Crippen molar-refractivity contribution in [2.24, 2.45) is 0 Å². The molecule has 10 heteroatoms. The molecule has 1 aliphatic heterocycles. The number of ether oxygens (including phenoxy) is 1. The fourth-order valence-electron chi connectivity index (χ4n) is 3.71. The summed E-state index contributed by atoms with van der Waals surface area (Å²) in [5.41, 5.74) is 2.35. The lowest BCUT2D eigenvalue weighted by Gasteiger charge is -2.33. The fraction of sp³-hybridized carbons (Fsp3) is 0.280. The monoisotopic (exact) mass is 565 g/mol. The Hall–Kier alpha value is -2.90. The lowest BCUT2D eigenvalue weighted by Crippen LogP contribution is -2.29. The van der Waals surface area contributed by atoms with Gasteiger partial charge in [-0.3, -0.25) is 9.10 Å². The van der Waals surface area contributed by atoms with Crippen molar-refractivity contribution in [3.05, 3.63) is 81.6 Å². The van der Waals surface area contributed by atoms with Crippen LogP contribution in [-0.2, 0) is 4.79 Å². The maximum atomic E-state index is 13.6. The molecule has 184 valence electrons. The van der Waals surface area contributed by atoms with Gasteiger partial charge in [-0.25, -0.2) is 0 Å². The highest BCUT2D eigenvalue weighted by Crippen LogP contribution is 2.43. The standard InChI is InChI=1S/C25H23BrF3N3O2S/c1-16-22(24(33)31-20-10-5-6-11-21(20)34-2)23(18-8-3-4-9-19(18)26)17(14-30)15-32(16)35-13-7-12-25(27,28)29/h3-6,8-11,15,23H,7,12-13H2,1-2H3,(H,31,33). The zero-order chi connectivity index (χ0) is 25.6. The molecule has 35 heavy (non-hydrogen) atoms. The number of alkyl halides is 3. The predicted octanol–water partition coefficient (Wildman–Crippen LogP) is 7.17. The summed E-state index contributed by atoms with van der Waals surface area (Å²) in [7, 11) is 1.50. The summed E-state index contributed by atoms with van der Waals surface area (Å²) >= 11 is 4.66. The first-order valence-electron chi connectivity index (χ1n) is 10.7. The Balaban J connectivity index is 2.00. The van der Waals surface area contributed by atoms with Gasteiger partial charge in [-0.15, -0.1) is 0 Å². The number of nitrogens with zero attached hydrogens (tertiary/aromatic N) is 2. The van der Waals surface area contributed by atoms with E-state index in [1.54, 1.807) is 41.7 Å². The maximum Gasteiger partial charge on any atom is 0.389 e. The number of para-hydroxylation sites is 2. The van der Waals surface area contributed by atoms with E-state index in [2.05, 4.69) is 27.3 Å². The van der Waals surface area contributed by atoms with Gasteiger partial charge in [0.15, 0.2) is 0 Å². The van der Waals surface area contributed by atoms with Crippen molar-refractivity contribution in [3.63, 3.8) is 0 Å². The zero-order valence-electron chi connectivity index (χ0n) is 19.0. The highest BCUT2D eigenvalue weighted by molar-refractivity contribution is 9.10. The van der Waals surface area contributed by atoms with Crippen molar-refractivity contribution in [3.8, 4) is 11.8 Å². The van der Waals surface area contributed by atoms with E-state index < -0.39 is 24.4 Å². The van der Waals surface area contributed by atoms with Gasteiger partial charge in [-0.2, -0.15) is 18.4 Å². The number of allylic oxidation sites excluding steroid dienone is 2. The van der Waals surface area contributed by atoms with Crippen LogP contribution in [0.2, 0.25) is 0 Å². The molecule has 2 aromatic rings. The van der Waals surface area contributed by atoms with E-state index in [0.29, 0.717) is 28.3 Å². The van der Waals surface area contributed by atoms with Crippen LogP contribution < -0.4 is 10.1 Å². The summed E-state index contributed by atoms with van der Waals surface area (Å²) in [6.45, 7) is 1.72. The average molecular weight is 566 g/mol. The fourth-order valence-corrected chi connectivity index (χ4v) is 5.17. The van der Waals surface area contributed by atoms with Gasteiger partial charge in [0.25, 0.3) is 5.91 Å². The van der Waals surface area contributed by atoms with Crippen LogP contribution in [0.15, 0.2) is 76.0 Å². The normalized spacial score (nSPS) is 16.0. The van der Waals surface area contributed by atoms with Gasteiger partial charge in [0.05, 0.1) is 35.9 Å². The molecule has 0 saturated heterocycles. The summed E-state index contributed by atoms with van der Waals surface area (Å²) in [4.78, 5) is 13.6. The summed E-state index contributed by atoms with van der Waals surface area (Å²) in [5, 5.41) is 12.8. The van der Waals surface area contributed by atoms with Crippen molar-refractivity contribution in [1.29, 1.82) is 5.26 Å². The summed E-state index contributed by atoms with van der Waals surface area (Å²) in [6.07, 6.45) is -3.61. The molecule has 0 aromatic heterocycles. The number of benzene rings is 2. The lowest BCUT2D eigenvalue weighted by molar-refractivity contribution is -0.134. The largest absolute Gasteiger partial charge is 0.495 e. The molecule has 0 radical (unpaired) electrons. The number of amides is 1. The zero-order valence-corrected chi connectivity index (χ0v) is 21.4. The molecular weight excluding hydrogens is 543 g/mol. The number of nitrogens with one attached hydrogen (secondary N) is 1. The molecule has 3 rings (SSSR count). The SMILES string of the molecule is COc1ccccc1NC(=O)C1=C(C)N(SCCCC(F)(F)F)C=C(C#N)C1c1ccccc1Br. The Morgan fingerprint density at radius 3 is 2.57 bits per heavy atom. The van der Waals surface area contributed by atoms with Crippen molar-refractivity contribution in [2.75, 3.05) is 18.2 Å². The summed E-state index contributed by atoms with van der Waals surface area (Å²) in [6, 6.07) is 16.4. The highest BCUT2D eigenvalue weighted by atomic mass is 79.9. The predicted molar refractivity (Wildman–Crippen MR) is 134 cm³/mol. The van der Waals surface area contributed by atoms with Crippen LogP contribution in [0.5, 0.6) is 5.75 Å². The van der Waals surface area contributed by atoms with Crippen molar-refractivity contribution < 1.29 is 22.7 Å². The molecule has 1 atom stereocenters. The minimum absolute atomic E-state index is 0.0793. The second-order valence-electron chi connectivity index (χ2n) is 7.68. The Morgan fingerprint density at radius 1 is 1.23 bits per heavy atom.